The summed E-state index contributed by atoms with van der Waals surface area (Å²) in [4.78, 5) is 28.4. The van der Waals surface area contributed by atoms with E-state index in [1.165, 1.54) is 6.42 Å². The number of carbonyl (C=O) groups excluding carboxylic acids is 2. The number of hydrogen-bond acceptors (Lipinski definition) is 2. The molecule has 1 atom stereocenters. The van der Waals surface area contributed by atoms with Crippen molar-refractivity contribution in [1.29, 1.82) is 0 Å². The molecule has 2 amide bonds. The van der Waals surface area contributed by atoms with Crippen LogP contribution < -0.4 is 5.32 Å². The first kappa shape index (κ1) is 26.2. The number of hydrogen-bond donors (Lipinski definition) is 1. The number of nitrogens with zero attached hydrogens (tertiary/aromatic N) is 1. The Morgan fingerprint density at radius 1 is 0.970 bits per heavy atom. The molecule has 2 aromatic rings. The van der Waals surface area contributed by atoms with Crippen LogP contribution in [0.1, 0.15) is 56.6 Å². The van der Waals surface area contributed by atoms with Gasteiger partial charge in [0.2, 0.25) is 11.8 Å². The Bertz CT molecular complexity index is 972. The van der Waals surface area contributed by atoms with Gasteiger partial charge < -0.3 is 10.2 Å². The molecule has 8 heteroatoms. The van der Waals surface area contributed by atoms with Gasteiger partial charge in [0.15, 0.2) is 0 Å². The quantitative estimate of drug-likeness (QED) is 0.396. The van der Waals surface area contributed by atoms with E-state index < -0.39 is 6.04 Å². The minimum absolute atomic E-state index is 0.00691. The Morgan fingerprint density at radius 2 is 1.64 bits per heavy atom. The van der Waals surface area contributed by atoms with Gasteiger partial charge in [-0.1, -0.05) is 84.7 Å². The summed E-state index contributed by atoms with van der Waals surface area (Å²) in [5.41, 5.74) is 1.33. The monoisotopic (exact) mass is 528 g/mol. The van der Waals surface area contributed by atoms with E-state index in [4.69, 9.17) is 46.4 Å². The summed E-state index contributed by atoms with van der Waals surface area (Å²) in [7, 11) is 0. The maximum absolute atomic E-state index is 13.5. The lowest BCUT2D eigenvalue weighted by Crippen LogP contribution is -2.52. The lowest BCUT2D eigenvalue weighted by atomic mass is 9.95. The molecule has 0 aliphatic heterocycles. The Kier molecular flexibility index (Phi) is 9.75. The molecule has 1 aliphatic carbocycles. The Labute approximate surface area is 215 Å². The van der Waals surface area contributed by atoms with Crippen LogP contribution in [-0.4, -0.2) is 28.8 Å². The number of nitrogens with one attached hydrogen (secondary N) is 1. The van der Waals surface area contributed by atoms with Crippen LogP contribution in [0.2, 0.25) is 20.1 Å². The largest absolute Gasteiger partial charge is 0.352 e. The standard InChI is InChI=1S/C25H28Cl4N2O2/c1-2-23(25(33)30-17-7-4-3-5-8-17)31(15-16-11-12-21(28)22(29)13-16)24(32)14-18-19(26)9-6-10-20(18)27/h6,9-13,17,23H,2-5,7-8,14-15H2,1H3,(H,30,33). The van der Waals surface area contributed by atoms with E-state index in [-0.39, 0.29) is 30.8 Å². The van der Waals surface area contributed by atoms with Crippen molar-refractivity contribution in [2.45, 2.75) is 70.5 Å². The van der Waals surface area contributed by atoms with Crippen molar-refractivity contribution < 1.29 is 9.59 Å². The molecule has 0 aromatic heterocycles. The topological polar surface area (TPSA) is 49.4 Å². The maximum Gasteiger partial charge on any atom is 0.243 e. The summed E-state index contributed by atoms with van der Waals surface area (Å²) in [6.07, 6.45) is 5.83. The van der Waals surface area contributed by atoms with Gasteiger partial charge in [-0.3, -0.25) is 9.59 Å². The molecule has 1 aliphatic rings. The van der Waals surface area contributed by atoms with Gasteiger partial charge in [0.25, 0.3) is 0 Å². The predicted molar refractivity (Wildman–Crippen MR) is 136 cm³/mol. The summed E-state index contributed by atoms with van der Waals surface area (Å²) in [5.74, 6) is -0.371. The fraction of sp³-hybridized carbons (Fsp3) is 0.440. The molecular formula is C25H28Cl4N2O2. The molecule has 2 aromatic carbocycles. The first-order chi connectivity index (χ1) is 15.8. The van der Waals surface area contributed by atoms with Crippen molar-refractivity contribution in [2.24, 2.45) is 0 Å². The number of halogens is 4. The van der Waals surface area contributed by atoms with Gasteiger partial charge in [0.1, 0.15) is 6.04 Å². The van der Waals surface area contributed by atoms with Gasteiger partial charge in [-0.25, -0.2) is 0 Å². The van der Waals surface area contributed by atoms with Crippen LogP contribution in [0.3, 0.4) is 0 Å². The molecule has 3 rings (SSSR count). The van der Waals surface area contributed by atoms with Gasteiger partial charge in [-0.2, -0.15) is 0 Å². The van der Waals surface area contributed by atoms with Crippen LogP contribution in [0.25, 0.3) is 0 Å². The first-order valence-corrected chi connectivity index (χ1v) is 12.8. The SMILES string of the molecule is CCC(C(=O)NC1CCCCC1)N(Cc1ccc(Cl)c(Cl)c1)C(=O)Cc1c(Cl)cccc1Cl. The van der Waals surface area contributed by atoms with Crippen molar-refractivity contribution in [3.63, 3.8) is 0 Å². The van der Waals surface area contributed by atoms with E-state index in [2.05, 4.69) is 5.32 Å². The van der Waals surface area contributed by atoms with E-state index in [9.17, 15) is 9.59 Å². The normalized spacial score (nSPS) is 15.2. The fourth-order valence-corrected chi connectivity index (χ4v) is 5.10. The second-order valence-corrected chi connectivity index (χ2v) is 10.0. The first-order valence-electron chi connectivity index (χ1n) is 11.3. The minimum Gasteiger partial charge on any atom is -0.352 e. The zero-order chi connectivity index (χ0) is 24.0. The smallest absolute Gasteiger partial charge is 0.243 e. The highest BCUT2D eigenvalue weighted by atomic mass is 35.5. The minimum atomic E-state index is -0.629. The highest BCUT2D eigenvalue weighted by Crippen LogP contribution is 2.28. The third-order valence-corrected chi connectivity index (χ3v) is 7.51. The molecule has 1 unspecified atom stereocenters. The van der Waals surface area contributed by atoms with E-state index in [1.807, 2.05) is 13.0 Å². The highest BCUT2D eigenvalue weighted by Gasteiger charge is 2.31. The van der Waals surface area contributed by atoms with Crippen LogP contribution in [0.15, 0.2) is 36.4 Å². The third-order valence-electron chi connectivity index (χ3n) is 6.06. The summed E-state index contributed by atoms with van der Waals surface area (Å²) >= 11 is 24.9. The van der Waals surface area contributed by atoms with Crippen molar-refractivity contribution in [1.82, 2.24) is 10.2 Å². The molecule has 0 heterocycles. The second-order valence-electron chi connectivity index (χ2n) is 8.41. The molecule has 1 fully saturated rings. The van der Waals surface area contributed by atoms with Crippen molar-refractivity contribution in [2.75, 3.05) is 0 Å². The molecular weight excluding hydrogens is 502 g/mol. The number of amides is 2. The van der Waals surface area contributed by atoms with E-state index in [0.29, 0.717) is 32.1 Å². The van der Waals surface area contributed by atoms with Crippen molar-refractivity contribution in [3.8, 4) is 0 Å². The van der Waals surface area contributed by atoms with Gasteiger partial charge in [-0.05, 0) is 54.7 Å². The summed E-state index contributed by atoms with van der Waals surface area (Å²) < 4.78 is 0. The summed E-state index contributed by atoms with van der Waals surface area (Å²) in [6, 6.07) is 9.88. The highest BCUT2D eigenvalue weighted by molar-refractivity contribution is 6.42. The van der Waals surface area contributed by atoms with Crippen LogP contribution in [-0.2, 0) is 22.6 Å². The molecule has 1 N–H and O–H groups in total. The average Bonchev–Trinajstić information content (AvgIpc) is 2.79. The third kappa shape index (κ3) is 7.02. The lowest BCUT2D eigenvalue weighted by molar-refractivity contribution is -0.141. The maximum atomic E-state index is 13.5. The number of carbonyl (C=O) groups is 2. The van der Waals surface area contributed by atoms with Crippen LogP contribution in [0.5, 0.6) is 0 Å². The molecule has 33 heavy (non-hydrogen) atoms. The number of rotatable bonds is 8. The van der Waals surface area contributed by atoms with Crippen LogP contribution in [0.4, 0.5) is 0 Å². The van der Waals surface area contributed by atoms with Crippen LogP contribution >= 0.6 is 46.4 Å². The molecule has 4 nitrogen and oxygen atoms in total. The molecule has 0 radical (unpaired) electrons. The zero-order valence-corrected chi connectivity index (χ0v) is 21.6. The molecule has 0 spiro atoms. The Morgan fingerprint density at radius 3 is 2.24 bits per heavy atom. The predicted octanol–water partition coefficient (Wildman–Crippen LogP) is 7.10. The average molecular weight is 530 g/mol. The summed E-state index contributed by atoms with van der Waals surface area (Å²) in [6.45, 7) is 2.12. The molecule has 0 saturated heterocycles. The Balaban J connectivity index is 1.87. The van der Waals surface area contributed by atoms with Gasteiger partial charge >= 0.3 is 0 Å². The van der Waals surface area contributed by atoms with E-state index in [1.54, 1.807) is 35.2 Å². The zero-order valence-electron chi connectivity index (χ0n) is 18.6. The van der Waals surface area contributed by atoms with E-state index in [0.717, 1.165) is 31.2 Å². The van der Waals surface area contributed by atoms with Gasteiger partial charge in [-0.15, -0.1) is 0 Å². The lowest BCUT2D eigenvalue weighted by Gasteiger charge is -2.33. The number of benzene rings is 2. The van der Waals surface area contributed by atoms with Gasteiger partial charge in [0.05, 0.1) is 16.5 Å². The van der Waals surface area contributed by atoms with E-state index >= 15 is 0 Å². The molecule has 1 saturated carbocycles. The van der Waals surface area contributed by atoms with Crippen molar-refractivity contribution in [3.05, 3.63) is 67.6 Å². The molecule has 178 valence electrons. The van der Waals surface area contributed by atoms with Crippen molar-refractivity contribution >= 4 is 58.2 Å². The second kappa shape index (κ2) is 12.3. The molecule has 0 bridgehead atoms. The van der Waals surface area contributed by atoms with Gasteiger partial charge in [0, 0.05) is 22.6 Å². The summed E-state index contributed by atoms with van der Waals surface area (Å²) in [5, 5.41) is 4.84. The van der Waals surface area contributed by atoms with Crippen LogP contribution in [0, 0.1) is 0 Å². The Hall–Kier alpha value is -1.46. The fourth-order valence-electron chi connectivity index (χ4n) is 4.25.